The maximum atomic E-state index is 5.28. The molecule has 0 fully saturated rings. The number of aromatic nitrogens is 1. The minimum Gasteiger partial charge on any atom is -0.361 e. The lowest BCUT2D eigenvalue weighted by Crippen LogP contribution is -2.01. The number of nitrogens with two attached hydrogens (primary N) is 1. The normalized spacial score (nSPS) is 9.00. The summed E-state index contributed by atoms with van der Waals surface area (Å²) in [5.41, 5.74) is 6.20. The molecule has 0 aliphatic heterocycles. The molecule has 1 aromatic heterocycles. The van der Waals surface area contributed by atoms with Crippen molar-refractivity contribution in [2.24, 2.45) is 5.73 Å². The average Bonchev–Trinajstić information content (AvgIpc) is 2.17. The third-order valence-electron chi connectivity index (χ3n) is 1.07. The van der Waals surface area contributed by atoms with Crippen LogP contribution >= 0.6 is 12.4 Å². The molecular formula is C6H11ClN2O. The minimum atomic E-state index is 0. The van der Waals surface area contributed by atoms with Gasteiger partial charge in [0, 0.05) is 12.5 Å². The molecule has 1 aromatic rings. The van der Waals surface area contributed by atoms with E-state index in [0.29, 0.717) is 6.54 Å². The number of rotatable bonds is 2. The van der Waals surface area contributed by atoms with Crippen molar-refractivity contribution in [3.8, 4) is 0 Å². The zero-order chi connectivity index (χ0) is 6.69. The second-order valence-electron chi connectivity index (χ2n) is 1.97. The largest absolute Gasteiger partial charge is 0.361 e. The van der Waals surface area contributed by atoms with E-state index < -0.39 is 0 Å². The van der Waals surface area contributed by atoms with Crippen LogP contribution in [0.25, 0.3) is 0 Å². The molecule has 0 aromatic carbocycles. The van der Waals surface area contributed by atoms with E-state index in [-0.39, 0.29) is 12.4 Å². The fourth-order valence-electron chi connectivity index (χ4n) is 0.676. The maximum Gasteiger partial charge on any atom is 0.138 e. The van der Waals surface area contributed by atoms with Gasteiger partial charge in [-0.25, -0.2) is 0 Å². The van der Waals surface area contributed by atoms with Gasteiger partial charge in [0.25, 0.3) is 0 Å². The second-order valence-corrected chi connectivity index (χ2v) is 1.97. The van der Waals surface area contributed by atoms with E-state index in [2.05, 4.69) is 5.16 Å². The van der Waals surface area contributed by atoms with Crippen molar-refractivity contribution in [3.63, 3.8) is 0 Å². The fourth-order valence-corrected chi connectivity index (χ4v) is 0.676. The predicted octanol–water partition coefficient (Wildman–Crippen LogP) is 0.906. The van der Waals surface area contributed by atoms with Gasteiger partial charge in [-0.1, -0.05) is 5.16 Å². The smallest absolute Gasteiger partial charge is 0.138 e. The summed E-state index contributed by atoms with van der Waals surface area (Å²) in [6.07, 6.45) is 0.779. The highest BCUT2D eigenvalue weighted by atomic mass is 35.5. The first-order valence-electron chi connectivity index (χ1n) is 2.95. The van der Waals surface area contributed by atoms with Crippen LogP contribution in [0.4, 0.5) is 0 Å². The van der Waals surface area contributed by atoms with Gasteiger partial charge in [-0.2, -0.15) is 0 Å². The topological polar surface area (TPSA) is 52.0 Å². The molecule has 0 aliphatic rings. The van der Waals surface area contributed by atoms with Crippen LogP contribution in [0.3, 0.4) is 0 Å². The molecule has 2 N–H and O–H groups in total. The number of hydrogen-bond donors (Lipinski definition) is 1. The molecule has 1 rings (SSSR count). The summed E-state index contributed by atoms with van der Waals surface area (Å²) in [6, 6.07) is 1.90. The summed E-state index contributed by atoms with van der Waals surface area (Å²) in [4.78, 5) is 0. The average molecular weight is 163 g/mol. The Morgan fingerprint density at radius 1 is 1.70 bits per heavy atom. The lowest BCUT2D eigenvalue weighted by Gasteiger charge is -1.84. The summed E-state index contributed by atoms with van der Waals surface area (Å²) in [5, 5.41) is 3.70. The molecule has 0 saturated heterocycles. The molecule has 0 radical (unpaired) electrons. The van der Waals surface area contributed by atoms with Gasteiger partial charge in [-0.3, -0.25) is 0 Å². The van der Waals surface area contributed by atoms with Crippen LogP contribution in [-0.4, -0.2) is 11.7 Å². The highest BCUT2D eigenvalue weighted by Crippen LogP contribution is 2.00. The van der Waals surface area contributed by atoms with Crippen molar-refractivity contribution < 1.29 is 4.52 Å². The van der Waals surface area contributed by atoms with E-state index in [9.17, 15) is 0 Å². The Balaban J connectivity index is 0.000000810. The third kappa shape index (κ3) is 2.37. The molecule has 0 unspecified atom stereocenters. The molecule has 3 nitrogen and oxygen atoms in total. The van der Waals surface area contributed by atoms with Crippen LogP contribution in [0.5, 0.6) is 0 Å². The van der Waals surface area contributed by atoms with Crippen LogP contribution in [-0.2, 0) is 6.42 Å². The minimum absolute atomic E-state index is 0. The van der Waals surface area contributed by atoms with Gasteiger partial charge in [0.2, 0.25) is 0 Å². The van der Waals surface area contributed by atoms with Crippen molar-refractivity contribution in [2.75, 3.05) is 6.54 Å². The molecule has 58 valence electrons. The Kier molecular flexibility index (Phi) is 4.07. The highest BCUT2D eigenvalue weighted by Gasteiger charge is 1.96. The number of halogens is 1. The Morgan fingerprint density at radius 2 is 2.40 bits per heavy atom. The van der Waals surface area contributed by atoms with E-state index in [4.69, 9.17) is 10.3 Å². The second kappa shape index (κ2) is 4.30. The van der Waals surface area contributed by atoms with Crippen LogP contribution in [0.15, 0.2) is 10.6 Å². The number of hydrogen-bond acceptors (Lipinski definition) is 3. The van der Waals surface area contributed by atoms with Crippen LogP contribution in [0.1, 0.15) is 11.5 Å². The van der Waals surface area contributed by atoms with E-state index in [1.54, 1.807) is 0 Å². The molecule has 0 bridgehead atoms. The molecule has 0 atom stereocenters. The summed E-state index contributed by atoms with van der Waals surface area (Å²) in [6.45, 7) is 2.51. The maximum absolute atomic E-state index is 5.28. The van der Waals surface area contributed by atoms with Crippen molar-refractivity contribution in [1.29, 1.82) is 0 Å². The van der Waals surface area contributed by atoms with Gasteiger partial charge in [0.15, 0.2) is 0 Å². The van der Waals surface area contributed by atoms with E-state index in [1.807, 2.05) is 13.0 Å². The molecular weight excluding hydrogens is 152 g/mol. The summed E-state index contributed by atoms with van der Waals surface area (Å²) >= 11 is 0. The van der Waals surface area contributed by atoms with E-state index in [0.717, 1.165) is 17.9 Å². The molecule has 1 heterocycles. The Morgan fingerprint density at radius 3 is 2.80 bits per heavy atom. The Hall–Kier alpha value is -0.540. The third-order valence-corrected chi connectivity index (χ3v) is 1.07. The zero-order valence-electron chi connectivity index (χ0n) is 5.83. The van der Waals surface area contributed by atoms with Crippen molar-refractivity contribution in [3.05, 3.63) is 17.5 Å². The SMILES string of the molecule is Cc1cc(CCN)on1.Cl. The highest BCUT2D eigenvalue weighted by molar-refractivity contribution is 5.85. The standard InChI is InChI=1S/C6H10N2O.ClH/c1-5-4-6(2-3-7)9-8-5;/h4H,2-3,7H2,1H3;1H. The quantitative estimate of drug-likeness (QED) is 0.703. The first kappa shape index (κ1) is 9.46. The van der Waals surface area contributed by atoms with Gasteiger partial charge >= 0.3 is 0 Å². The first-order chi connectivity index (χ1) is 4.33. The van der Waals surface area contributed by atoms with Crippen LogP contribution in [0, 0.1) is 6.92 Å². The van der Waals surface area contributed by atoms with E-state index >= 15 is 0 Å². The predicted molar refractivity (Wildman–Crippen MR) is 41.2 cm³/mol. The van der Waals surface area contributed by atoms with Crippen molar-refractivity contribution in [2.45, 2.75) is 13.3 Å². The van der Waals surface area contributed by atoms with Gasteiger partial charge < -0.3 is 10.3 Å². The zero-order valence-corrected chi connectivity index (χ0v) is 6.65. The molecule has 10 heavy (non-hydrogen) atoms. The lowest BCUT2D eigenvalue weighted by molar-refractivity contribution is 0.381. The van der Waals surface area contributed by atoms with Gasteiger partial charge in [0.1, 0.15) is 5.76 Å². The number of nitrogens with zero attached hydrogens (tertiary/aromatic N) is 1. The van der Waals surface area contributed by atoms with Crippen LogP contribution < -0.4 is 5.73 Å². The molecule has 0 saturated carbocycles. The molecule has 0 aliphatic carbocycles. The van der Waals surface area contributed by atoms with Crippen molar-refractivity contribution in [1.82, 2.24) is 5.16 Å². The summed E-state index contributed by atoms with van der Waals surface area (Å²) < 4.78 is 4.87. The monoisotopic (exact) mass is 162 g/mol. The summed E-state index contributed by atoms with van der Waals surface area (Å²) in [5.74, 6) is 0.870. The van der Waals surface area contributed by atoms with Gasteiger partial charge in [0.05, 0.1) is 5.69 Å². The Labute approximate surface area is 66.0 Å². The molecule has 4 heteroatoms. The van der Waals surface area contributed by atoms with Crippen LogP contribution in [0.2, 0.25) is 0 Å². The molecule has 0 spiro atoms. The van der Waals surface area contributed by atoms with Gasteiger partial charge in [-0.15, -0.1) is 12.4 Å². The molecule has 0 amide bonds. The lowest BCUT2D eigenvalue weighted by atomic mass is 10.3. The first-order valence-corrected chi connectivity index (χ1v) is 2.95. The Bertz CT molecular complexity index is 188. The van der Waals surface area contributed by atoms with Gasteiger partial charge in [-0.05, 0) is 13.5 Å². The summed E-state index contributed by atoms with van der Waals surface area (Å²) in [7, 11) is 0. The van der Waals surface area contributed by atoms with E-state index in [1.165, 1.54) is 0 Å². The van der Waals surface area contributed by atoms with Crippen molar-refractivity contribution >= 4 is 12.4 Å². The fraction of sp³-hybridized carbons (Fsp3) is 0.500. The number of aryl methyl sites for hydroxylation is 1.